The van der Waals surface area contributed by atoms with Gasteiger partial charge in [-0.05, 0) is 42.9 Å². The van der Waals surface area contributed by atoms with Gasteiger partial charge in [0.2, 0.25) is 5.91 Å². The molecule has 0 radical (unpaired) electrons. The van der Waals surface area contributed by atoms with Crippen LogP contribution in [-0.2, 0) is 11.2 Å². The standard InChI is InChI=1S/C16H22FNO2/c17-14-7-3-4-12(10-14)8-9-16(20)18-11-15(19)13-5-1-2-6-13/h3-4,7,10,13,15,19H,1-2,5-6,8-9,11H2,(H,18,20). The van der Waals surface area contributed by atoms with Crippen LogP contribution >= 0.6 is 0 Å². The first-order chi connectivity index (χ1) is 9.65. The molecule has 0 saturated heterocycles. The van der Waals surface area contributed by atoms with Gasteiger partial charge in [0, 0.05) is 13.0 Å². The van der Waals surface area contributed by atoms with E-state index in [1.54, 1.807) is 6.07 Å². The summed E-state index contributed by atoms with van der Waals surface area (Å²) in [5.74, 6) is -0.0376. The Hall–Kier alpha value is -1.42. The summed E-state index contributed by atoms with van der Waals surface area (Å²) < 4.78 is 13.0. The Morgan fingerprint density at radius 1 is 1.40 bits per heavy atom. The highest BCUT2D eigenvalue weighted by molar-refractivity contribution is 5.76. The van der Waals surface area contributed by atoms with E-state index in [1.807, 2.05) is 6.07 Å². The maximum absolute atomic E-state index is 13.0. The molecule has 4 heteroatoms. The molecule has 3 nitrogen and oxygen atoms in total. The Bertz CT molecular complexity index is 444. The van der Waals surface area contributed by atoms with Crippen molar-refractivity contribution in [2.45, 2.75) is 44.6 Å². The molecule has 0 spiro atoms. The molecule has 1 saturated carbocycles. The van der Waals surface area contributed by atoms with Crippen LogP contribution in [0.15, 0.2) is 24.3 Å². The zero-order valence-electron chi connectivity index (χ0n) is 11.6. The number of carbonyl (C=O) groups excluding carboxylic acids is 1. The minimum Gasteiger partial charge on any atom is -0.391 e. The molecule has 1 atom stereocenters. The first-order valence-electron chi connectivity index (χ1n) is 7.34. The molecule has 0 heterocycles. The van der Waals surface area contributed by atoms with Gasteiger partial charge in [-0.3, -0.25) is 4.79 Å². The first kappa shape index (κ1) is 15.0. The second-order valence-corrected chi connectivity index (χ2v) is 5.55. The highest BCUT2D eigenvalue weighted by Gasteiger charge is 2.23. The summed E-state index contributed by atoms with van der Waals surface area (Å²) in [5, 5.41) is 12.7. The average Bonchev–Trinajstić information content (AvgIpc) is 2.97. The van der Waals surface area contributed by atoms with E-state index in [0.717, 1.165) is 18.4 Å². The van der Waals surface area contributed by atoms with Crippen LogP contribution in [0.2, 0.25) is 0 Å². The molecule has 20 heavy (non-hydrogen) atoms. The monoisotopic (exact) mass is 279 g/mol. The summed E-state index contributed by atoms with van der Waals surface area (Å²) in [7, 11) is 0. The van der Waals surface area contributed by atoms with E-state index in [2.05, 4.69) is 5.32 Å². The molecule has 110 valence electrons. The number of aliphatic hydroxyl groups excluding tert-OH is 1. The lowest BCUT2D eigenvalue weighted by Gasteiger charge is -2.18. The molecule has 1 aliphatic carbocycles. The van der Waals surface area contributed by atoms with Crippen LogP contribution in [0, 0.1) is 11.7 Å². The van der Waals surface area contributed by atoms with Crippen molar-refractivity contribution in [3.63, 3.8) is 0 Å². The maximum atomic E-state index is 13.0. The Labute approximate surface area is 119 Å². The van der Waals surface area contributed by atoms with Crippen LogP contribution < -0.4 is 5.32 Å². The van der Waals surface area contributed by atoms with Crippen LogP contribution in [0.5, 0.6) is 0 Å². The normalized spacial score (nSPS) is 17.1. The van der Waals surface area contributed by atoms with Gasteiger partial charge >= 0.3 is 0 Å². The third-order valence-electron chi connectivity index (χ3n) is 3.98. The van der Waals surface area contributed by atoms with E-state index in [1.165, 1.54) is 25.0 Å². The molecule has 1 aromatic rings. The lowest BCUT2D eigenvalue weighted by atomic mass is 10.0. The van der Waals surface area contributed by atoms with E-state index >= 15 is 0 Å². The van der Waals surface area contributed by atoms with Crippen LogP contribution in [0.25, 0.3) is 0 Å². The third kappa shape index (κ3) is 4.60. The summed E-state index contributed by atoms with van der Waals surface area (Å²) in [6.07, 6.45) is 4.87. The van der Waals surface area contributed by atoms with Crippen molar-refractivity contribution in [2.75, 3.05) is 6.54 Å². The topological polar surface area (TPSA) is 49.3 Å². The van der Waals surface area contributed by atoms with Gasteiger partial charge in [0.15, 0.2) is 0 Å². The van der Waals surface area contributed by atoms with Gasteiger partial charge < -0.3 is 10.4 Å². The molecular formula is C16H22FNO2. The van der Waals surface area contributed by atoms with Crippen molar-refractivity contribution in [3.05, 3.63) is 35.6 Å². The molecule has 2 rings (SSSR count). The van der Waals surface area contributed by atoms with Gasteiger partial charge in [-0.1, -0.05) is 25.0 Å². The second kappa shape index (κ2) is 7.39. The zero-order valence-corrected chi connectivity index (χ0v) is 11.6. The van der Waals surface area contributed by atoms with Gasteiger partial charge in [-0.25, -0.2) is 4.39 Å². The Kier molecular flexibility index (Phi) is 5.53. The van der Waals surface area contributed by atoms with Crippen molar-refractivity contribution < 1.29 is 14.3 Å². The number of carbonyl (C=O) groups is 1. The van der Waals surface area contributed by atoms with E-state index < -0.39 is 6.10 Å². The maximum Gasteiger partial charge on any atom is 0.220 e. The van der Waals surface area contributed by atoms with Crippen molar-refractivity contribution >= 4 is 5.91 Å². The predicted molar refractivity (Wildman–Crippen MR) is 75.7 cm³/mol. The molecule has 1 amide bonds. The van der Waals surface area contributed by atoms with Gasteiger partial charge in [0.05, 0.1) is 6.10 Å². The number of hydrogen-bond acceptors (Lipinski definition) is 2. The fourth-order valence-electron chi connectivity index (χ4n) is 2.77. The Morgan fingerprint density at radius 3 is 2.85 bits per heavy atom. The van der Waals surface area contributed by atoms with Crippen molar-refractivity contribution in [3.8, 4) is 0 Å². The molecular weight excluding hydrogens is 257 g/mol. The second-order valence-electron chi connectivity index (χ2n) is 5.55. The van der Waals surface area contributed by atoms with Gasteiger partial charge in [-0.2, -0.15) is 0 Å². The van der Waals surface area contributed by atoms with Gasteiger partial charge in [0.1, 0.15) is 5.82 Å². The fourth-order valence-corrected chi connectivity index (χ4v) is 2.77. The smallest absolute Gasteiger partial charge is 0.220 e. The summed E-state index contributed by atoms with van der Waals surface area (Å²) in [6.45, 7) is 0.326. The van der Waals surface area contributed by atoms with Crippen LogP contribution in [-0.4, -0.2) is 23.7 Å². The predicted octanol–water partition coefficient (Wildman–Crippen LogP) is 2.43. The number of benzene rings is 1. The molecule has 0 bridgehead atoms. The lowest BCUT2D eigenvalue weighted by Crippen LogP contribution is -2.35. The Morgan fingerprint density at radius 2 is 2.15 bits per heavy atom. The summed E-state index contributed by atoms with van der Waals surface area (Å²) in [6, 6.07) is 6.29. The number of aryl methyl sites for hydroxylation is 1. The first-order valence-corrected chi connectivity index (χ1v) is 7.34. The number of halogens is 1. The SMILES string of the molecule is O=C(CCc1cccc(F)c1)NCC(O)C1CCCC1. The highest BCUT2D eigenvalue weighted by atomic mass is 19.1. The highest BCUT2D eigenvalue weighted by Crippen LogP contribution is 2.27. The number of aliphatic hydroxyl groups is 1. The quantitative estimate of drug-likeness (QED) is 0.840. The van der Waals surface area contributed by atoms with Crippen LogP contribution in [0.1, 0.15) is 37.7 Å². The summed E-state index contributed by atoms with van der Waals surface area (Å²) >= 11 is 0. The van der Waals surface area contributed by atoms with Crippen molar-refractivity contribution in [1.82, 2.24) is 5.32 Å². The number of amides is 1. The minimum atomic E-state index is -0.435. The summed E-state index contributed by atoms with van der Waals surface area (Å²) in [4.78, 5) is 11.7. The molecule has 2 N–H and O–H groups in total. The molecule has 1 aliphatic rings. The third-order valence-corrected chi connectivity index (χ3v) is 3.98. The van der Waals surface area contributed by atoms with Crippen LogP contribution in [0.4, 0.5) is 4.39 Å². The largest absolute Gasteiger partial charge is 0.391 e. The van der Waals surface area contributed by atoms with Crippen molar-refractivity contribution in [2.24, 2.45) is 5.92 Å². The zero-order chi connectivity index (χ0) is 14.4. The fraction of sp³-hybridized carbons (Fsp3) is 0.562. The number of rotatable bonds is 6. The van der Waals surface area contributed by atoms with Crippen molar-refractivity contribution in [1.29, 1.82) is 0 Å². The minimum absolute atomic E-state index is 0.0914. The van der Waals surface area contributed by atoms with E-state index in [0.29, 0.717) is 25.3 Å². The summed E-state index contributed by atoms with van der Waals surface area (Å²) in [5.41, 5.74) is 0.816. The average molecular weight is 279 g/mol. The number of nitrogens with one attached hydrogen (secondary N) is 1. The molecule has 0 aromatic heterocycles. The molecule has 0 aliphatic heterocycles. The van der Waals surface area contributed by atoms with E-state index in [9.17, 15) is 14.3 Å². The number of hydrogen-bond donors (Lipinski definition) is 2. The van der Waals surface area contributed by atoms with Gasteiger partial charge in [-0.15, -0.1) is 0 Å². The lowest BCUT2D eigenvalue weighted by molar-refractivity contribution is -0.121. The Balaban J connectivity index is 1.67. The van der Waals surface area contributed by atoms with Gasteiger partial charge in [0.25, 0.3) is 0 Å². The molecule has 1 aromatic carbocycles. The van der Waals surface area contributed by atoms with E-state index in [4.69, 9.17) is 0 Å². The van der Waals surface area contributed by atoms with E-state index in [-0.39, 0.29) is 11.7 Å². The van der Waals surface area contributed by atoms with Crippen LogP contribution in [0.3, 0.4) is 0 Å². The molecule has 1 unspecified atom stereocenters. The molecule has 1 fully saturated rings.